The molecular weight excluding hydrogens is 428 g/mol. The first-order valence-corrected chi connectivity index (χ1v) is 11.7. The van der Waals surface area contributed by atoms with E-state index in [-0.39, 0.29) is 11.7 Å². The number of benzene rings is 2. The van der Waals surface area contributed by atoms with Crippen molar-refractivity contribution >= 4 is 21.6 Å². The minimum atomic E-state index is -3.70. The predicted molar refractivity (Wildman–Crippen MR) is 114 cm³/mol. The Morgan fingerprint density at radius 1 is 1.07 bits per heavy atom. The van der Waals surface area contributed by atoms with E-state index in [9.17, 15) is 8.42 Å². The van der Waals surface area contributed by atoms with Crippen molar-refractivity contribution in [3.05, 3.63) is 46.5 Å². The normalized spacial score (nSPS) is 17.3. The van der Waals surface area contributed by atoms with Crippen LogP contribution in [0.1, 0.15) is 18.1 Å². The van der Waals surface area contributed by atoms with Crippen molar-refractivity contribution in [2.24, 2.45) is 0 Å². The number of hydrogen-bond donors (Lipinski definition) is 0. The molecule has 0 amide bonds. The second kappa shape index (κ2) is 8.63. The lowest BCUT2D eigenvalue weighted by Gasteiger charge is -2.34. The molecule has 4 rings (SSSR count). The molecule has 0 unspecified atom stereocenters. The van der Waals surface area contributed by atoms with Gasteiger partial charge in [0.2, 0.25) is 16.8 Å². The number of rotatable bonds is 6. The van der Waals surface area contributed by atoms with Crippen molar-refractivity contribution in [1.82, 2.24) is 9.21 Å². The maximum absolute atomic E-state index is 13.3. The van der Waals surface area contributed by atoms with E-state index >= 15 is 0 Å². The molecule has 7 nitrogen and oxygen atoms in total. The number of hydrogen-bond acceptors (Lipinski definition) is 6. The summed E-state index contributed by atoms with van der Waals surface area (Å²) in [6, 6.07) is 9.09. The SMILES string of the molecule is CCOc1cc(C)c(Cl)cc1S(=O)(=O)N1CCN(Cc2ccc3c(c2)OCO3)CC1. The van der Waals surface area contributed by atoms with Gasteiger partial charge in [0.1, 0.15) is 10.6 Å². The van der Waals surface area contributed by atoms with E-state index in [1.807, 2.05) is 32.0 Å². The maximum Gasteiger partial charge on any atom is 0.246 e. The predicted octanol–water partition coefficient (Wildman–Crippen LogP) is 3.28. The van der Waals surface area contributed by atoms with Gasteiger partial charge in [-0.3, -0.25) is 4.90 Å². The molecule has 162 valence electrons. The lowest BCUT2D eigenvalue weighted by atomic mass is 10.2. The molecule has 30 heavy (non-hydrogen) atoms. The second-order valence-corrected chi connectivity index (χ2v) is 9.66. The first-order chi connectivity index (χ1) is 14.4. The molecule has 0 bridgehead atoms. The van der Waals surface area contributed by atoms with Crippen LogP contribution in [0.3, 0.4) is 0 Å². The van der Waals surface area contributed by atoms with Crippen molar-refractivity contribution < 1.29 is 22.6 Å². The zero-order valence-corrected chi connectivity index (χ0v) is 18.6. The number of halogens is 1. The van der Waals surface area contributed by atoms with Crippen molar-refractivity contribution in [1.29, 1.82) is 0 Å². The average Bonchev–Trinajstić information content (AvgIpc) is 3.19. The minimum Gasteiger partial charge on any atom is -0.492 e. The summed E-state index contributed by atoms with van der Waals surface area (Å²) in [4.78, 5) is 2.36. The molecule has 2 aromatic rings. The average molecular weight is 453 g/mol. The summed E-state index contributed by atoms with van der Waals surface area (Å²) in [6.45, 7) is 7.10. The molecule has 1 fully saturated rings. The first-order valence-electron chi connectivity index (χ1n) is 9.92. The van der Waals surface area contributed by atoms with Crippen LogP contribution in [0, 0.1) is 6.92 Å². The Balaban J connectivity index is 1.45. The molecule has 0 aliphatic carbocycles. The number of fused-ring (bicyclic) bond motifs is 1. The third kappa shape index (κ3) is 4.23. The molecule has 2 heterocycles. The largest absolute Gasteiger partial charge is 0.492 e. The Morgan fingerprint density at radius 3 is 2.53 bits per heavy atom. The first kappa shape index (κ1) is 21.2. The summed E-state index contributed by atoms with van der Waals surface area (Å²) in [5.74, 6) is 1.87. The molecule has 0 saturated carbocycles. The van der Waals surface area contributed by atoms with E-state index in [1.165, 1.54) is 10.4 Å². The molecule has 1 saturated heterocycles. The van der Waals surface area contributed by atoms with E-state index in [0.717, 1.165) is 29.2 Å². The standard InChI is InChI=1S/C21H25ClN2O5S/c1-3-27-20-10-15(2)17(22)12-21(20)30(25,26)24-8-6-23(7-9-24)13-16-4-5-18-19(11-16)29-14-28-18/h4-5,10-12H,3,6-9,13-14H2,1-2H3. The minimum absolute atomic E-state index is 0.129. The van der Waals surface area contributed by atoms with Crippen LogP contribution in [0.5, 0.6) is 17.2 Å². The monoisotopic (exact) mass is 452 g/mol. The van der Waals surface area contributed by atoms with Gasteiger partial charge in [0.05, 0.1) is 6.61 Å². The highest BCUT2D eigenvalue weighted by atomic mass is 35.5. The molecule has 0 N–H and O–H groups in total. The van der Waals surface area contributed by atoms with Gasteiger partial charge in [-0.15, -0.1) is 0 Å². The van der Waals surface area contributed by atoms with Crippen LogP contribution in [0.4, 0.5) is 0 Å². The molecular formula is C21H25ClN2O5S. The van der Waals surface area contributed by atoms with Crippen LogP contribution in [-0.2, 0) is 16.6 Å². The van der Waals surface area contributed by atoms with E-state index in [1.54, 1.807) is 6.07 Å². The van der Waals surface area contributed by atoms with Gasteiger partial charge in [0.15, 0.2) is 11.5 Å². The molecule has 9 heteroatoms. The number of piperazine rings is 1. The third-order valence-electron chi connectivity index (χ3n) is 5.32. The highest BCUT2D eigenvalue weighted by Gasteiger charge is 2.31. The van der Waals surface area contributed by atoms with Crippen LogP contribution in [-0.4, -0.2) is 57.2 Å². The Bertz CT molecular complexity index is 1040. The summed E-state index contributed by atoms with van der Waals surface area (Å²) in [6.07, 6.45) is 0. The summed E-state index contributed by atoms with van der Waals surface area (Å²) >= 11 is 6.22. The Labute approximate surface area is 182 Å². The number of nitrogens with zero attached hydrogens (tertiary/aromatic N) is 2. The van der Waals surface area contributed by atoms with Crippen LogP contribution in [0.15, 0.2) is 35.2 Å². The Kier molecular flexibility index (Phi) is 6.11. The summed E-state index contributed by atoms with van der Waals surface area (Å²) in [5, 5.41) is 0.415. The molecule has 2 aliphatic heterocycles. The zero-order chi connectivity index (χ0) is 21.3. The van der Waals surface area contributed by atoms with E-state index in [2.05, 4.69) is 4.90 Å². The number of aryl methyl sites for hydroxylation is 1. The molecule has 2 aromatic carbocycles. The van der Waals surface area contributed by atoms with Crippen LogP contribution in [0.2, 0.25) is 5.02 Å². The second-order valence-electron chi connectivity index (χ2n) is 7.35. The van der Waals surface area contributed by atoms with Crippen molar-refractivity contribution in [2.75, 3.05) is 39.6 Å². The Hall–Kier alpha value is -2.00. The van der Waals surface area contributed by atoms with Crippen LogP contribution in [0.25, 0.3) is 0 Å². The van der Waals surface area contributed by atoms with Gasteiger partial charge in [-0.25, -0.2) is 8.42 Å². The fourth-order valence-corrected chi connectivity index (χ4v) is 5.46. The highest BCUT2D eigenvalue weighted by molar-refractivity contribution is 7.89. The molecule has 2 aliphatic rings. The van der Waals surface area contributed by atoms with Gasteiger partial charge in [-0.2, -0.15) is 4.31 Å². The quantitative estimate of drug-likeness (QED) is 0.670. The lowest BCUT2D eigenvalue weighted by molar-refractivity contribution is 0.173. The van der Waals surface area contributed by atoms with Crippen molar-refractivity contribution in [3.63, 3.8) is 0 Å². The highest BCUT2D eigenvalue weighted by Crippen LogP contribution is 2.34. The van der Waals surface area contributed by atoms with E-state index in [0.29, 0.717) is 43.6 Å². The summed E-state index contributed by atoms with van der Waals surface area (Å²) < 4.78 is 44.4. The van der Waals surface area contributed by atoms with Gasteiger partial charge in [0, 0.05) is 37.7 Å². The molecule has 0 aromatic heterocycles. The smallest absolute Gasteiger partial charge is 0.246 e. The fraction of sp³-hybridized carbons (Fsp3) is 0.429. The van der Waals surface area contributed by atoms with E-state index in [4.69, 9.17) is 25.8 Å². The topological polar surface area (TPSA) is 68.3 Å². The number of sulfonamides is 1. The lowest BCUT2D eigenvalue weighted by Crippen LogP contribution is -2.48. The van der Waals surface area contributed by atoms with Gasteiger partial charge in [-0.05, 0) is 49.2 Å². The molecule has 0 atom stereocenters. The van der Waals surface area contributed by atoms with Crippen molar-refractivity contribution in [2.45, 2.75) is 25.3 Å². The zero-order valence-electron chi connectivity index (χ0n) is 17.1. The van der Waals surface area contributed by atoms with E-state index < -0.39 is 10.0 Å². The summed E-state index contributed by atoms with van der Waals surface area (Å²) in [5.41, 5.74) is 1.90. The maximum atomic E-state index is 13.3. The molecule has 0 spiro atoms. The molecule has 0 radical (unpaired) electrons. The van der Waals surface area contributed by atoms with Gasteiger partial charge in [0.25, 0.3) is 0 Å². The van der Waals surface area contributed by atoms with Crippen LogP contribution < -0.4 is 14.2 Å². The van der Waals surface area contributed by atoms with Crippen molar-refractivity contribution in [3.8, 4) is 17.2 Å². The summed E-state index contributed by atoms with van der Waals surface area (Å²) in [7, 11) is -3.70. The van der Waals surface area contributed by atoms with Gasteiger partial charge >= 0.3 is 0 Å². The van der Waals surface area contributed by atoms with Gasteiger partial charge < -0.3 is 14.2 Å². The Morgan fingerprint density at radius 2 is 1.80 bits per heavy atom. The fourth-order valence-electron chi connectivity index (χ4n) is 3.67. The van der Waals surface area contributed by atoms with Gasteiger partial charge in [-0.1, -0.05) is 17.7 Å². The number of ether oxygens (including phenoxy) is 3. The third-order valence-corrected chi connectivity index (χ3v) is 7.64. The van der Waals surface area contributed by atoms with Crippen LogP contribution >= 0.6 is 11.6 Å².